The van der Waals surface area contributed by atoms with E-state index in [4.69, 9.17) is 0 Å². The molecule has 0 aliphatic rings. The lowest BCUT2D eigenvalue weighted by molar-refractivity contribution is -0.120. The molecule has 0 radical (unpaired) electrons. The van der Waals surface area contributed by atoms with E-state index in [9.17, 15) is 9.59 Å². The maximum Gasteiger partial charge on any atom is 0.321 e. The molecule has 1 aromatic rings. The van der Waals surface area contributed by atoms with Gasteiger partial charge in [0, 0.05) is 13.1 Å². The van der Waals surface area contributed by atoms with Crippen LogP contribution in [-0.4, -0.2) is 40.0 Å². The van der Waals surface area contributed by atoms with Crippen LogP contribution in [0.3, 0.4) is 0 Å². The first-order valence-electron chi connectivity index (χ1n) is 5.83. The maximum absolute atomic E-state index is 11.4. The number of nitrogens with zero attached hydrogens (tertiary/aromatic N) is 3. The van der Waals surface area contributed by atoms with Gasteiger partial charge < -0.3 is 10.6 Å². The molecule has 0 saturated heterocycles. The lowest BCUT2D eigenvalue weighted by Crippen LogP contribution is -2.40. The number of rotatable bonds is 6. The topological polar surface area (TPSA) is 101 Å². The van der Waals surface area contributed by atoms with Crippen LogP contribution in [0.5, 0.6) is 0 Å². The summed E-state index contributed by atoms with van der Waals surface area (Å²) in [5, 5.41) is 15.4. The zero-order valence-corrected chi connectivity index (χ0v) is 10.6. The molecule has 8 nitrogen and oxygen atoms in total. The molecule has 0 saturated carbocycles. The van der Waals surface area contributed by atoms with Gasteiger partial charge in [0.25, 0.3) is 0 Å². The van der Waals surface area contributed by atoms with Crippen molar-refractivity contribution in [3.8, 4) is 0 Å². The summed E-state index contributed by atoms with van der Waals surface area (Å²) < 4.78 is 1.39. The average Bonchev–Trinajstić information content (AvgIpc) is 2.74. The molecule has 0 unspecified atom stereocenters. The smallest absolute Gasteiger partial charge is 0.321 e. The Kier molecular flexibility index (Phi) is 5.78. The first kappa shape index (κ1) is 14.1. The Hall–Kier alpha value is -1.96. The predicted molar refractivity (Wildman–Crippen MR) is 64.6 cm³/mol. The van der Waals surface area contributed by atoms with Crippen LogP contribution in [-0.2, 0) is 17.9 Å². The largest absolute Gasteiger partial charge is 0.338 e. The second-order valence-electron chi connectivity index (χ2n) is 3.60. The first-order chi connectivity index (χ1) is 8.65. The van der Waals surface area contributed by atoms with Crippen LogP contribution in [0, 0.1) is 0 Å². The van der Waals surface area contributed by atoms with Crippen LogP contribution in [0.1, 0.15) is 19.5 Å². The van der Waals surface area contributed by atoms with E-state index < -0.39 is 11.9 Å². The molecule has 8 heteroatoms. The zero-order valence-electron chi connectivity index (χ0n) is 10.6. The minimum atomic E-state index is -0.504. The highest BCUT2D eigenvalue weighted by Crippen LogP contribution is 1.92. The summed E-state index contributed by atoms with van der Waals surface area (Å²) in [6, 6.07) is -0.504. The third-order valence-electron chi connectivity index (χ3n) is 2.04. The molecule has 1 aromatic heterocycles. The van der Waals surface area contributed by atoms with Crippen molar-refractivity contribution >= 4 is 11.9 Å². The third-order valence-corrected chi connectivity index (χ3v) is 2.04. The molecule has 3 amide bonds. The van der Waals surface area contributed by atoms with Crippen molar-refractivity contribution in [2.24, 2.45) is 0 Å². The Morgan fingerprint density at radius 2 is 2.11 bits per heavy atom. The summed E-state index contributed by atoms with van der Waals surface area (Å²) in [7, 11) is 0. The number of carbonyl (C=O) groups is 2. The van der Waals surface area contributed by atoms with Crippen molar-refractivity contribution in [3.05, 3.63) is 11.9 Å². The standard InChI is InChI=1S/C10H18N6O2/c1-3-11-5-8-6-16(15-14-8)7-9(17)13-10(18)12-4-2/h6,11H,3-5,7H2,1-2H3,(H2,12,13,17,18). The van der Waals surface area contributed by atoms with Gasteiger partial charge in [0.15, 0.2) is 0 Å². The van der Waals surface area contributed by atoms with Crippen LogP contribution in [0.4, 0.5) is 4.79 Å². The Bertz CT molecular complexity index is 403. The molecule has 1 heterocycles. The van der Waals surface area contributed by atoms with E-state index >= 15 is 0 Å². The first-order valence-corrected chi connectivity index (χ1v) is 5.83. The highest BCUT2D eigenvalue weighted by molar-refractivity contribution is 5.94. The van der Waals surface area contributed by atoms with Crippen molar-refractivity contribution in [2.45, 2.75) is 26.9 Å². The number of amides is 3. The van der Waals surface area contributed by atoms with Crippen molar-refractivity contribution in [1.82, 2.24) is 30.9 Å². The summed E-state index contributed by atoms with van der Waals surface area (Å²) in [5.41, 5.74) is 0.752. The van der Waals surface area contributed by atoms with Gasteiger partial charge in [0.2, 0.25) is 5.91 Å². The Labute approximate surface area is 105 Å². The van der Waals surface area contributed by atoms with Crippen molar-refractivity contribution in [1.29, 1.82) is 0 Å². The number of urea groups is 1. The minimum absolute atomic E-state index is 0.0315. The summed E-state index contributed by atoms with van der Waals surface area (Å²) in [6.45, 7) is 5.64. The van der Waals surface area contributed by atoms with Crippen molar-refractivity contribution < 1.29 is 9.59 Å². The van der Waals surface area contributed by atoms with Crippen LogP contribution >= 0.6 is 0 Å². The molecule has 100 valence electrons. The van der Waals surface area contributed by atoms with E-state index in [1.54, 1.807) is 13.1 Å². The van der Waals surface area contributed by atoms with Crippen LogP contribution < -0.4 is 16.0 Å². The third kappa shape index (κ3) is 4.91. The number of aromatic nitrogens is 3. The fourth-order valence-corrected chi connectivity index (χ4v) is 1.27. The van der Waals surface area contributed by atoms with Gasteiger partial charge in [-0.15, -0.1) is 5.10 Å². The number of imide groups is 1. The van der Waals surface area contributed by atoms with Crippen molar-refractivity contribution in [3.63, 3.8) is 0 Å². The number of nitrogens with one attached hydrogen (secondary N) is 3. The van der Waals surface area contributed by atoms with Gasteiger partial charge >= 0.3 is 6.03 Å². The molecule has 0 aliphatic heterocycles. The highest BCUT2D eigenvalue weighted by atomic mass is 16.2. The second kappa shape index (κ2) is 7.38. The maximum atomic E-state index is 11.4. The molecule has 0 aliphatic carbocycles. The lowest BCUT2D eigenvalue weighted by Gasteiger charge is -2.03. The molecule has 0 aromatic carbocycles. The van der Waals surface area contributed by atoms with Crippen molar-refractivity contribution in [2.75, 3.05) is 13.1 Å². The normalized spacial score (nSPS) is 10.1. The molecule has 0 bridgehead atoms. The van der Waals surface area contributed by atoms with Gasteiger partial charge in [-0.3, -0.25) is 10.1 Å². The van der Waals surface area contributed by atoms with E-state index in [-0.39, 0.29) is 6.54 Å². The molecular formula is C10H18N6O2. The van der Waals surface area contributed by atoms with Gasteiger partial charge in [-0.05, 0) is 13.5 Å². The average molecular weight is 254 g/mol. The van der Waals surface area contributed by atoms with E-state index in [0.717, 1.165) is 12.2 Å². The number of hydrogen-bond acceptors (Lipinski definition) is 5. The van der Waals surface area contributed by atoms with Crippen LogP contribution in [0.15, 0.2) is 6.20 Å². The fourth-order valence-electron chi connectivity index (χ4n) is 1.27. The summed E-state index contributed by atoms with van der Waals surface area (Å²) in [4.78, 5) is 22.5. The molecule has 0 fully saturated rings. The minimum Gasteiger partial charge on any atom is -0.338 e. The molecular weight excluding hydrogens is 236 g/mol. The zero-order chi connectivity index (χ0) is 13.4. The highest BCUT2D eigenvalue weighted by Gasteiger charge is 2.08. The number of hydrogen-bond donors (Lipinski definition) is 3. The fraction of sp³-hybridized carbons (Fsp3) is 0.600. The lowest BCUT2D eigenvalue weighted by atomic mass is 10.4. The molecule has 1 rings (SSSR count). The Balaban J connectivity index is 2.39. The van der Waals surface area contributed by atoms with Gasteiger partial charge in [0.1, 0.15) is 6.54 Å². The quantitative estimate of drug-likeness (QED) is 0.619. The number of carbonyl (C=O) groups excluding carboxylic acids is 2. The Morgan fingerprint density at radius 3 is 2.78 bits per heavy atom. The van der Waals surface area contributed by atoms with Gasteiger partial charge in [0.05, 0.1) is 11.9 Å². The Morgan fingerprint density at radius 1 is 1.33 bits per heavy atom. The monoisotopic (exact) mass is 254 g/mol. The summed E-state index contributed by atoms with van der Waals surface area (Å²) in [5.74, 6) is -0.430. The summed E-state index contributed by atoms with van der Waals surface area (Å²) in [6.07, 6.45) is 1.67. The van der Waals surface area contributed by atoms with E-state index in [1.165, 1.54) is 4.68 Å². The van der Waals surface area contributed by atoms with Gasteiger partial charge in [-0.25, -0.2) is 9.48 Å². The van der Waals surface area contributed by atoms with E-state index in [1.807, 2.05) is 6.92 Å². The molecule has 3 N–H and O–H groups in total. The van der Waals surface area contributed by atoms with Crippen LogP contribution in [0.25, 0.3) is 0 Å². The molecule has 18 heavy (non-hydrogen) atoms. The van der Waals surface area contributed by atoms with Gasteiger partial charge in [-0.1, -0.05) is 12.1 Å². The second-order valence-corrected chi connectivity index (χ2v) is 3.60. The SMILES string of the molecule is CCNCc1cn(CC(=O)NC(=O)NCC)nn1. The van der Waals surface area contributed by atoms with E-state index in [0.29, 0.717) is 13.1 Å². The molecule has 0 atom stereocenters. The molecule has 0 spiro atoms. The summed E-state index contributed by atoms with van der Waals surface area (Å²) >= 11 is 0. The van der Waals surface area contributed by atoms with E-state index in [2.05, 4.69) is 26.3 Å². The predicted octanol–water partition coefficient (Wildman–Crippen LogP) is -0.767. The van der Waals surface area contributed by atoms with Crippen LogP contribution in [0.2, 0.25) is 0 Å². The van der Waals surface area contributed by atoms with Gasteiger partial charge in [-0.2, -0.15) is 0 Å².